The molecule has 1 fully saturated rings. The van der Waals surface area contributed by atoms with E-state index in [0.717, 1.165) is 19.3 Å². The monoisotopic (exact) mass is 435 g/mol. The average molecular weight is 436 g/mol. The number of amides is 1. The predicted molar refractivity (Wildman–Crippen MR) is 109 cm³/mol. The number of H-pyrrole nitrogens is 1. The fourth-order valence-corrected chi connectivity index (χ4v) is 4.61. The van der Waals surface area contributed by atoms with Crippen molar-refractivity contribution in [2.24, 2.45) is 0 Å². The lowest BCUT2D eigenvalue weighted by Crippen LogP contribution is -2.36. The van der Waals surface area contributed by atoms with E-state index in [1.54, 1.807) is 11.0 Å². The summed E-state index contributed by atoms with van der Waals surface area (Å²) in [5.41, 5.74) is 0.837. The summed E-state index contributed by atoms with van der Waals surface area (Å²) >= 11 is 6.05. The minimum Gasteiger partial charge on any atom is -0.408 e. The number of anilines is 1. The molecule has 152 valence electrons. The summed E-state index contributed by atoms with van der Waals surface area (Å²) in [5.74, 6) is -0.919. The van der Waals surface area contributed by atoms with Crippen molar-refractivity contribution in [3.05, 3.63) is 57.5 Å². The molecule has 0 aliphatic carbocycles. The number of benzene rings is 2. The summed E-state index contributed by atoms with van der Waals surface area (Å²) in [7, 11) is -4.05. The van der Waals surface area contributed by atoms with Gasteiger partial charge in [0.1, 0.15) is 0 Å². The number of piperidine rings is 1. The molecule has 2 N–H and O–H groups in total. The summed E-state index contributed by atoms with van der Waals surface area (Å²) in [6.07, 6.45) is 2.91. The van der Waals surface area contributed by atoms with Crippen molar-refractivity contribution in [1.29, 1.82) is 0 Å². The van der Waals surface area contributed by atoms with Crippen LogP contribution in [0.2, 0.25) is 5.02 Å². The summed E-state index contributed by atoms with van der Waals surface area (Å²) in [5, 5.41) is 0.296. The van der Waals surface area contributed by atoms with Crippen LogP contribution in [0.25, 0.3) is 11.1 Å². The van der Waals surface area contributed by atoms with Gasteiger partial charge in [0.15, 0.2) is 5.58 Å². The van der Waals surface area contributed by atoms with E-state index in [1.165, 1.54) is 30.3 Å². The van der Waals surface area contributed by atoms with Crippen LogP contribution in [0.3, 0.4) is 0 Å². The van der Waals surface area contributed by atoms with E-state index in [1.807, 2.05) is 0 Å². The molecule has 0 bridgehead atoms. The lowest BCUT2D eigenvalue weighted by Gasteiger charge is -2.27. The minimum absolute atomic E-state index is 0.101. The number of halogens is 1. The number of rotatable bonds is 4. The number of oxazole rings is 1. The molecule has 10 heteroatoms. The smallest absolute Gasteiger partial charge is 0.408 e. The molecule has 0 atom stereocenters. The van der Waals surface area contributed by atoms with E-state index in [9.17, 15) is 18.0 Å². The third-order valence-corrected chi connectivity index (χ3v) is 6.40. The predicted octanol–water partition coefficient (Wildman–Crippen LogP) is 3.20. The molecule has 2 heterocycles. The number of fused-ring (bicyclic) bond motifs is 1. The number of sulfonamides is 1. The van der Waals surface area contributed by atoms with Gasteiger partial charge in [-0.15, -0.1) is 0 Å². The summed E-state index contributed by atoms with van der Waals surface area (Å²) in [6.45, 7) is 1.27. The molecule has 1 saturated heterocycles. The van der Waals surface area contributed by atoms with Crippen molar-refractivity contribution >= 4 is 44.3 Å². The van der Waals surface area contributed by atoms with E-state index in [4.69, 9.17) is 16.0 Å². The Morgan fingerprint density at radius 2 is 1.86 bits per heavy atom. The number of hydrogen-bond acceptors (Lipinski definition) is 5. The SMILES string of the molecule is O=C(c1ccc(Cl)cc1NS(=O)(=O)c1ccc2[nH]c(=O)oc2c1)N1CCCCC1. The molecule has 2 aromatic carbocycles. The van der Waals surface area contributed by atoms with Gasteiger partial charge in [0.25, 0.3) is 15.9 Å². The highest BCUT2D eigenvalue weighted by Crippen LogP contribution is 2.27. The first-order valence-corrected chi connectivity index (χ1v) is 10.9. The maximum absolute atomic E-state index is 12.9. The van der Waals surface area contributed by atoms with Gasteiger partial charge in [-0.05, 0) is 49.6 Å². The van der Waals surface area contributed by atoms with Gasteiger partial charge in [-0.25, -0.2) is 13.2 Å². The van der Waals surface area contributed by atoms with Crippen molar-refractivity contribution in [2.75, 3.05) is 17.8 Å². The van der Waals surface area contributed by atoms with Crippen LogP contribution in [-0.2, 0) is 10.0 Å². The Morgan fingerprint density at radius 3 is 2.62 bits per heavy atom. The van der Waals surface area contributed by atoms with Crippen LogP contribution >= 0.6 is 11.6 Å². The maximum Gasteiger partial charge on any atom is 0.417 e. The van der Waals surface area contributed by atoms with Gasteiger partial charge in [-0.2, -0.15) is 0 Å². The second kappa shape index (κ2) is 7.57. The Hall–Kier alpha value is -2.78. The number of carbonyl (C=O) groups is 1. The van der Waals surface area contributed by atoms with Crippen molar-refractivity contribution in [3.63, 3.8) is 0 Å². The van der Waals surface area contributed by atoms with E-state index in [0.29, 0.717) is 23.6 Å². The molecule has 1 aliphatic rings. The number of nitrogens with one attached hydrogen (secondary N) is 2. The molecular weight excluding hydrogens is 418 g/mol. The first-order chi connectivity index (χ1) is 13.8. The number of likely N-dealkylation sites (tertiary alicyclic amines) is 1. The molecule has 1 aromatic heterocycles. The van der Waals surface area contributed by atoms with Gasteiger partial charge in [-0.1, -0.05) is 11.6 Å². The van der Waals surface area contributed by atoms with Crippen molar-refractivity contribution in [3.8, 4) is 0 Å². The van der Waals surface area contributed by atoms with Crippen LogP contribution in [0.4, 0.5) is 5.69 Å². The molecule has 1 aliphatic heterocycles. The molecule has 0 radical (unpaired) electrons. The average Bonchev–Trinajstić information content (AvgIpc) is 3.07. The largest absolute Gasteiger partial charge is 0.417 e. The quantitative estimate of drug-likeness (QED) is 0.653. The van der Waals surface area contributed by atoms with E-state index in [2.05, 4.69) is 9.71 Å². The van der Waals surface area contributed by atoms with Crippen LogP contribution in [0.15, 0.2) is 50.5 Å². The number of aromatic amines is 1. The lowest BCUT2D eigenvalue weighted by atomic mass is 10.1. The minimum atomic E-state index is -4.05. The standard InChI is InChI=1S/C19H18ClN3O5S/c20-12-4-6-14(18(24)23-8-2-1-3-9-23)16(10-12)22-29(26,27)13-5-7-15-17(11-13)28-19(25)21-15/h4-7,10-11,22H,1-3,8-9H2,(H,21,25). The molecule has 4 rings (SSSR count). The zero-order valence-electron chi connectivity index (χ0n) is 15.3. The Kier molecular flexibility index (Phi) is 5.10. The molecule has 3 aromatic rings. The molecule has 0 saturated carbocycles. The topological polar surface area (TPSA) is 112 Å². The van der Waals surface area contributed by atoms with E-state index in [-0.39, 0.29) is 27.6 Å². The van der Waals surface area contributed by atoms with Gasteiger partial charge < -0.3 is 9.32 Å². The number of hydrogen-bond donors (Lipinski definition) is 2. The molecule has 29 heavy (non-hydrogen) atoms. The highest BCUT2D eigenvalue weighted by Gasteiger charge is 2.24. The number of aromatic nitrogens is 1. The van der Waals surface area contributed by atoms with Crippen LogP contribution in [0.5, 0.6) is 0 Å². The first kappa shape index (κ1) is 19.5. The highest BCUT2D eigenvalue weighted by molar-refractivity contribution is 7.92. The Morgan fingerprint density at radius 1 is 1.10 bits per heavy atom. The maximum atomic E-state index is 12.9. The first-order valence-electron chi connectivity index (χ1n) is 9.08. The molecule has 8 nitrogen and oxygen atoms in total. The fourth-order valence-electron chi connectivity index (χ4n) is 3.35. The van der Waals surface area contributed by atoms with Crippen LogP contribution < -0.4 is 10.5 Å². The van der Waals surface area contributed by atoms with Gasteiger partial charge in [-0.3, -0.25) is 14.5 Å². The third kappa shape index (κ3) is 4.01. The highest BCUT2D eigenvalue weighted by atomic mass is 35.5. The van der Waals surface area contributed by atoms with E-state index < -0.39 is 15.8 Å². The Bertz CT molecular complexity index is 1240. The second-order valence-electron chi connectivity index (χ2n) is 6.82. The fraction of sp³-hybridized carbons (Fsp3) is 0.263. The molecular formula is C19H18ClN3O5S. The zero-order valence-corrected chi connectivity index (χ0v) is 16.8. The number of carbonyl (C=O) groups excluding carboxylic acids is 1. The second-order valence-corrected chi connectivity index (χ2v) is 8.94. The Labute approximate surface area is 171 Å². The molecule has 0 unspecified atom stereocenters. The van der Waals surface area contributed by atoms with Gasteiger partial charge in [0, 0.05) is 24.2 Å². The van der Waals surface area contributed by atoms with Crippen LogP contribution in [0, 0.1) is 0 Å². The summed E-state index contributed by atoms with van der Waals surface area (Å²) in [4.78, 5) is 28.3. The normalized spacial score (nSPS) is 14.9. The van der Waals surface area contributed by atoms with Crippen molar-refractivity contribution in [2.45, 2.75) is 24.2 Å². The van der Waals surface area contributed by atoms with Crippen molar-refractivity contribution in [1.82, 2.24) is 9.88 Å². The number of nitrogens with zero attached hydrogens (tertiary/aromatic N) is 1. The van der Waals surface area contributed by atoms with E-state index >= 15 is 0 Å². The molecule has 1 amide bonds. The summed E-state index contributed by atoms with van der Waals surface area (Å²) in [6, 6.07) is 8.50. The lowest BCUT2D eigenvalue weighted by molar-refractivity contribution is 0.0725. The van der Waals surface area contributed by atoms with Crippen LogP contribution in [-0.4, -0.2) is 37.3 Å². The van der Waals surface area contributed by atoms with Gasteiger partial charge in [0.2, 0.25) is 0 Å². The van der Waals surface area contributed by atoms with Crippen LogP contribution in [0.1, 0.15) is 29.6 Å². The third-order valence-electron chi connectivity index (χ3n) is 4.80. The van der Waals surface area contributed by atoms with Crippen molar-refractivity contribution < 1.29 is 17.6 Å². The van der Waals surface area contributed by atoms with Gasteiger partial charge >= 0.3 is 5.76 Å². The van der Waals surface area contributed by atoms with Gasteiger partial charge in [0.05, 0.1) is 21.7 Å². The zero-order chi connectivity index (χ0) is 20.6. The molecule has 0 spiro atoms. The Balaban J connectivity index is 1.69. The summed E-state index contributed by atoms with van der Waals surface area (Å²) < 4.78 is 33.2.